The minimum atomic E-state index is -0.306. The predicted molar refractivity (Wildman–Crippen MR) is 55.3 cm³/mol. The Morgan fingerprint density at radius 2 is 2.00 bits per heavy atom. The van der Waals surface area contributed by atoms with E-state index in [4.69, 9.17) is 15.2 Å². The van der Waals surface area contributed by atoms with Crippen molar-refractivity contribution in [1.82, 2.24) is 0 Å². The lowest BCUT2D eigenvalue weighted by Gasteiger charge is -2.33. The van der Waals surface area contributed by atoms with E-state index in [0.717, 1.165) is 25.7 Å². The van der Waals surface area contributed by atoms with Crippen molar-refractivity contribution < 1.29 is 14.3 Å². The van der Waals surface area contributed by atoms with Gasteiger partial charge in [-0.25, -0.2) is 0 Å². The molecule has 0 unspecified atom stereocenters. The van der Waals surface area contributed by atoms with Gasteiger partial charge in [0, 0.05) is 5.54 Å². The van der Waals surface area contributed by atoms with Crippen LogP contribution >= 0.6 is 0 Å². The van der Waals surface area contributed by atoms with Crippen molar-refractivity contribution in [3.05, 3.63) is 0 Å². The van der Waals surface area contributed by atoms with Crippen molar-refractivity contribution in [2.45, 2.75) is 50.2 Å². The molecule has 0 spiro atoms. The fourth-order valence-electron chi connectivity index (χ4n) is 2.23. The van der Waals surface area contributed by atoms with Crippen molar-refractivity contribution in [3.8, 4) is 0 Å². The Balaban J connectivity index is 1.75. The van der Waals surface area contributed by atoms with E-state index in [9.17, 15) is 4.79 Å². The van der Waals surface area contributed by atoms with Gasteiger partial charge in [-0.2, -0.15) is 0 Å². The summed E-state index contributed by atoms with van der Waals surface area (Å²) in [4.78, 5) is 11.6. The van der Waals surface area contributed by atoms with E-state index in [2.05, 4.69) is 0 Å². The first kappa shape index (κ1) is 10.9. The standard InChI is InChI=1S/C11H19NO3/c12-11(4-2-1-3-5-11)6-10(13)15-9-7-14-8-9/h9H,1-8,12H2. The molecule has 1 aliphatic heterocycles. The van der Waals surface area contributed by atoms with Crippen molar-refractivity contribution in [2.24, 2.45) is 5.73 Å². The number of rotatable bonds is 3. The average molecular weight is 213 g/mol. The normalized spacial score (nSPS) is 25.7. The largest absolute Gasteiger partial charge is 0.457 e. The molecule has 0 aromatic rings. The molecule has 1 heterocycles. The highest BCUT2D eigenvalue weighted by molar-refractivity contribution is 5.71. The Bertz CT molecular complexity index is 232. The molecule has 2 aliphatic rings. The maximum atomic E-state index is 11.6. The Morgan fingerprint density at radius 3 is 2.53 bits per heavy atom. The van der Waals surface area contributed by atoms with Gasteiger partial charge in [0.1, 0.15) is 6.10 Å². The molecule has 2 N–H and O–H groups in total. The summed E-state index contributed by atoms with van der Waals surface area (Å²) in [6.45, 7) is 1.09. The zero-order valence-corrected chi connectivity index (χ0v) is 9.04. The molecular weight excluding hydrogens is 194 g/mol. The molecule has 0 radical (unpaired) electrons. The zero-order chi connectivity index (χ0) is 10.7. The lowest BCUT2D eigenvalue weighted by Crippen LogP contribution is -2.46. The third-order valence-electron chi connectivity index (χ3n) is 3.25. The summed E-state index contributed by atoms with van der Waals surface area (Å²) in [6.07, 6.45) is 5.75. The average Bonchev–Trinajstić information content (AvgIpc) is 2.12. The molecule has 4 nitrogen and oxygen atoms in total. The van der Waals surface area contributed by atoms with Gasteiger partial charge in [-0.1, -0.05) is 19.3 Å². The van der Waals surface area contributed by atoms with Crippen molar-refractivity contribution in [3.63, 3.8) is 0 Å². The summed E-state index contributed by atoms with van der Waals surface area (Å²) in [7, 11) is 0. The number of carbonyl (C=O) groups is 1. The third-order valence-corrected chi connectivity index (χ3v) is 3.25. The molecule has 86 valence electrons. The fourth-order valence-corrected chi connectivity index (χ4v) is 2.23. The van der Waals surface area contributed by atoms with E-state index < -0.39 is 0 Å². The second kappa shape index (κ2) is 4.49. The van der Waals surface area contributed by atoms with E-state index in [0.29, 0.717) is 19.6 Å². The minimum absolute atomic E-state index is 0.0234. The topological polar surface area (TPSA) is 61.6 Å². The summed E-state index contributed by atoms with van der Waals surface area (Å²) in [5.41, 5.74) is 5.86. The molecule has 0 amide bonds. The first-order chi connectivity index (χ1) is 7.18. The molecule has 0 atom stereocenters. The molecule has 1 aliphatic carbocycles. The lowest BCUT2D eigenvalue weighted by atomic mass is 9.80. The van der Waals surface area contributed by atoms with Gasteiger partial charge in [0.05, 0.1) is 19.6 Å². The Morgan fingerprint density at radius 1 is 1.33 bits per heavy atom. The molecule has 15 heavy (non-hydrogen) atoms. The van der Waals surface area contributed by atoms with Crippen LogP contribution in [0.25, 0.3) is 0 Å². The van der Waals surface area contributed by atoms with Crippen LogP contribution in [-0.2, 0) is 14.3 Å². The zero-order valence-electron chi connectivity index (χ0n) is 9.04. The number of esters is 1. The fraction of sp³-hybridized carbons (Fsp3) is 0.909. The molecule has 1 saturated heterocycles. The van der Waals surface area contributed by atoms with Gasteiger partial charge in [-0.3, -0.25) is 4.79 Å². The first-order valence-corrected chi connectivity index (χ1v) is 5.74. The number of carbonyl (C=O) groups excluding carboxylic acids is 1. The summed E-state index contributed by atoms with van der Waals surface area (Å²) >= 11 is 0. The number of hydrogen-bond donors (Lipinski definition) is 1. The molecule has 2 fully saturated rings. The van der Waals surface area contributed by atoms with Crippen molar-refractivity contribution in [1.29, 1.82) is 0 Å². The molecule has 1 saturated carbocycles. The molecule has 2 rings (SSSR count). The van der Waals surface area contributed by atoms with Crippen LogP contribution in [-0.4, -0.2) is 30.8 Å². The lowest BCUT2D eigenvalue weighted by molar-refractivity contribution is -0.173. The monoisotopic (exact) mass is 213 g/mol. The summed E-state index contributed by atoms with van der Waals surface area (Å²) in [5.74, 6) is -0.160. The van der Waals surface area contributed by atoms with Crippen LogP contribution in [0.4, 0.5) is 0 Å². The molecular formula is C11H19NO3. The third kappa shape index (κ3) is 2.92. The Hall–Kier alpha value is -0.610. The van der Waals surface area contributed by atoms with Crippen LogP contribution in [0.2, 0.25) is 0 Å². The van der Waals surface area contributed by atoms with E-state index in [1.807, 2.05) is 0 Å². The van der Waals surface area contributed by atoms with Crippen LogP contribution < -0.4 is 5.73 Å². The van der Waals surface area contributed by atoms with Crippen molar-refractivity contribution >= 4 is 5.97 Å². The van der Waals surface area contributed by atoms with Gasteiger partial charge >= 0.3 is 5.97 Å². The minimum Gasteiger partial charge on any atom is -0.457 e. The number of ether oxygens (including phenoxy) is 2. The summed E-state index contributed by atoms with van der Waals surface area (Å²) in [5, 5.41) is 0. The maximum absolute atomic E-state index is 11.6. The smallest absolute Gasteiger partial charge is 0.308 e. The first-order valence-electron chi connectivity index (χ1n) is 5.74. The highest BCUT2D eigenvalue weighted by atomic mass is 16.6. The maximum Gasteiger partial charge on any atom is 0.308 e. The molecule has 0 aromatic carbocycles. The van der Waals surface area contributed by atoms with Crippen LogP contribution in [0.5, 0.6) is 0 Å². The van der Waals surface area contributed by atoms with Gasteiger partial charge in [0.2, 0.25) is 0 Å². The van der Waals surface area contributed by atoms with Crippen molar-refractivity contribution in [2.75, 3.05) is 13.2 Å². The highest BCUT2D eigenvalue weighted by Crippen LogP contribution is 2.29. The summed E-state index contributed by atoms with van der Waals surface area (Å²) in [6, 6.07) is 0. The van der Waals surface area contributed by atoms with Gasteiger partial charge < -0.3 is 15.2 Å². The van der Waals surface area contributed by atoms with Crippen LogP contribution in [0.15, 0.2) is 0 Å². The van der Waals surface area contributed by atoms with Gasteiger partial charge in [0.15, 0.2) is 0 Å². The second-order valence-corrected chi connectivity index (χ2v) is 4.75. The van der Waals surface area contributed by atoms with E-state index in [1.165, 1.54) is 6.42 Å². The van der Waals surface area contributed by atoms with Crippen LogP contribution in [0, 0.1) is 0 Å². The predicted octanol–water partition coefficient (Wildman–Crippen LogP) is 0.980. The quantitative estimate of drug-likeness (QED) is 0.710. The SMILES string of the molecule is NC1(CC(=O)OC2COC2)CCCCC1. The molecule has 0 bridgehead atoms. The van der Waals surface area contributed by atoms with E-state index in [1.54, 1.807) is 0 Å². The highest BCUT2D eigenvalue weighted by Gasteiger charge is 2.32. The Kier molecular flexibility index (Phi) is 3.26. The second-order valence-electron chi connectivity index (χ2n) is 4.75. The summed E-state index contributed by atoms with van der Waals surface area (Å²) < 4.78 is 10.2. The van der Waals surface area contributed by atoms with Gasteiger partial charge in [0.25, 0.3) is 0 Å². The Labute approximate surface area is 90.1 Å². The van der Waals surface area contributed by atoms with Gasteiger partial charge in [-0.15, -0.1) is 0 Å². The number of nitrogens with two attached hydrogens (primary N) is 1. The molecule has 4 heteroatoms. The number of hydrogen-bond acceptors (Lipinski definition) is 4. The van der Waals surface area contributed by atoms with E-state index in [-0.39, 0.29) is 17.6 Å². The van der Waals surface area contributed by atoms with Crippen LogP contribution in [0.3, 0.4) is 0 Å². The molecule has 0 aromatic heterocycles. The van der Waals surface area contributed by atoms with E-state index >= 15 is 0 Å². The van der Waals surface area contributed by atoms with Gasteiger partial charge in [-0.05, 0) is 12.8 Å². The van der Waals surface area contributed by atoms with Crippen LogP contribution in [0.1, 0.15) is 38.5 Å².